The van der Waals surface area contributed by atoms with Crippen molar-refractivity contribution in [2.45, 2.75) is 4.90 Å². The van der Waals surface area contributed by atoms with Crippen LogP contribution < -0.4 is 5.32 Å². The van der Waals surface area contributed by atoms with Gasteiger partial charge in [0, 0.05) is 11.9 Å². The molecule has 0 saturated heterocycles. The molecule has 2 aromatic rings. The Kier molecular flexibility index (Phi) is 4.29. The summed E-state index contributed by atoms with van der Waals surface area (Å²) in [6.45, 7) is 0. The monoisotopic (exact) mass is 327 g/mol. The van der Waals surface area contributed by atoms with Crippen molar-refractivity contribution >= 4 is 33.0 Å². The van der Waals surface area contributed by atoms with E-state index in [4.69, 9.17) is 11.6 Å². The molecule has 1 N–H and O–H groups in total. The number of nitrogens with one attached hydrogen (secondary N) is 1. The molecule has 0 radical (unpaired) electrons. The minimum Gasteiger partial charge on any atom is -0.322 e. The van der Waals surface area contributed by atoms with Crippen molar-refractivity contribution in [3.63, 3.8) is 0 Å². The zero-order valence-electron chi connectivity index (χ0n) is 10.9. The molecule has 0 unspecified atom stereocenters. The topological polar surface area (TPSA) is 63.2 Å². The van der Waals surface area contributed by atoms with Crippen molar-refractivity contribution in [1.82, 2.24) is 0 Å². The van der Waals surface area contributed by atoms with E-state index in [1.54, 1.807) is 0 Å². The van der Waals surface area contributed by atoms with Crippen molar-refractivity contribution in [3.8, 4) is 0 Å². The van der Waals surface area contributed by atoms with E-state index in [0.717, 1.165) is 18.4 Å². The van der Waals surface area contributed by atoms with Gasteiger partial charge in [0.2, 0.25) is 0 Å². The first-order valence-electron chi connectivity index (χ1n) is 5.84. The number of anilines is 1. The first-order valence-corrected chi connectivity index (χ1v) is 8.11. The quantitative estimate of drug-likeness (QED) is 0.942. The lowest BCUT2D eigenvalue weighted by Gasteiger charge is -2.07. The third kappa shape index (κ3) is 3.80. The summed E-state index contributed by atoms with van der Waals surface area (Å²) >= 11 is 5.80. The van der Waals surface area contributed by atoms with Crippen LogP contribution in [0.25, 0.3) is 0 Å². The minimum absolute atomic E-state index is 0.000237. The fraction of sp³-hybridized carbons (Fsp3) is 0.0714. The molecule has 2 rings (SSSR count). The molecule has 21 heavy (non-hydrogen) atoms. The van der Waals surface area contributed by atoms with Gasteiger partial charge in [-0.25, -0.2) is 12.8 Å². The van der Waals surface area contributed by atoms with E-state index in [-0.39, 0.29) is 15.5 Å². The summed E-state index contributed by atoms with van der Waals surface area (Å²) in [5.41, 5.74) is 0.540. The number of sulfone groups is 1. The van der Waals surface area contributed by atoms with Crippen LogP contribution in [0.3, 0.4) is 0 Å². The third-order valence-electron chi connectivity index (χ3n) is 2.72. The van der Waals surface area contributed by atoms with Crippen LogP contribution in [-0.2, 0) is 9.84 Å². The Bertz CT molecular complexity index is 788. The summed E-state index contributed by atoms with van der Waals surface area (Å²) in [5.74, 6) is -1.04. The van der Waals surface area contributed by atoms with Crippen LogP contribution in [0.15, 0.2) is 47.4 Å². The highest BCUT2D eigenvalue weighted by Crippen LogP contribution is 2.20. The average Bonchev–Trinajstić information content (AvgIpc) is 2.38. The van der Waals surface area contributed by atoms with Gasteiger partial charge in [0.05, 0.1) is 15.5 Å². The van der Waals surface area contributed by atoms with E-state index in [9.17, 15) is 17.6 Å². The molecule has 4 nitrogen and oxygen atoms in total. The van der Waals surface area contributed by atoms with Crippen molar-refractivity contribution in [1.29, 1.82) is 0 Å². The number of benzene rings is 2. The number of hydrogen-bond donors (Lipinski definition) is 1. The van der Waals surface area contributed by atoms with E-state index in [1.165, 1.54) is 30.3 Å². The lowest BCUT2D eigenvalue weighted by Crippen LogP contribution is -2.12. The molecule has 0 bridgehead atoms. The van der Waals surface area contributed by atoms with Gasteiger partial charge in [0.25, 0.3) is 5.91 Å². The van der Waals surface area contributed by atoms with Gasteiger partial charge in [-0.1, -0.05) is 11.6 Å². The zero-order valence-corrected chi connectivity index (χ0v) is 12.5. The average molecular weight is 328 g/mol. The molecule has 0 atom stereocenters. The van der Waals surface area contributed by atoms with Gasteiger partial charge >= 0.3 is 0 Å². The van der Waals surface area contributed by atoms with Gasteiger partial charge in [0.1, 0.15) is 5.82 Å². The molecule has 0 aliphatic carbocycles. The molecule has 1 amide bonds. The fourth-order valence-corrected chi connectivity index (χ4v) is 2.54. The lowest BCUT2D eigenvalue weighted by molar-refractivity contribution is 0.102. The fourth-order valence-electron chi connectivity index (χ4n) is 1.66. The van der Waals surface area contributed by atoms with Crippen LogP contribution in [-0.4, -0.2) is 20.6 Å². The maximum Gasteiger partial charge on any atom is 0.257 e. The Labute approximate surface area is 126 Å². The van der Waals surface area contributed by atoms with E-state index < -0.39 is 21.6 Å². The van der Waals surface area contributed by atoms with Gasteiger partial charge in [-0.2, -0.15) is 0 Å². The molecule has 0 aromatic heterocycles. The molecule has 7 heteroatoms. The number of halogens is 2. The standard InChI is InChI=1S/C14H11ClFNO3S/c1-21(19,20)11-5-3-10(4-6-11)17-14(18)12-7-2-9(16)8-13(12)15/h2-8H,1H3,(H,17,18). The smallest absolute Gasteiger partial charge is 0.257 e. The molecule has 2 aromatic carbocycles. The van der Waals surface area contributed by atoms with Crippen LogP contribution >= 0.6 is 11.6 Å². The van der Waals surface area contributed by atoms with Gasteiger partial charge in [0.15, 0.2) is 9.84 Å². The predicted octanol–water partition coefficient (Wildman–Crippen LogP) is 3.13. The van der Waals surface area contributed by atoms with E-state index >= 15 is 0 Å². The van der Waals surface area contributed by atoms with Gasteiger partial charge < -0.3 is 5.32 Å². The van der Waals surface area contributed by atoms with Gasteiger partial charge in [-0.3, -0.25) is 4.79 Å². The maximum absolute atomic E-state index is 12.9. The molecular formula is C14H11ClFNO3S. The molecule has 0 saturated carbocycles. The van der Waals surface area contributed by atoms with Gasteiger partial charge in [-0.05, 0) is 42.5 Å². The Morgan fingerprint density at radius 1 is 1.14 bits per heavy atom. The van der Waals surface area contributed by atoms with E-state index in [2.05, 4.69) is 5.32 Å². The number of hydrogen-bond acceptors (Lipinski definition) is 3. The third-order valence-corrected chi connectivity index (χ3v) is 4.16. The Balaban J connectivity index is 2.20. The van der Waals surface area contributed by atoms with E-state index in [0.29, 0.717) is 5.69 Å². The number of carbonyl (C=O) groups excluding carboxylic acids is 1. The largest absolute Gasteiger partial charge is 0.322 e. The summed E-state index contributed by atoms with van der Waals surface area (Å²) in [4.78, 5) is 12.1. The molecule has 110 valence electrons. The van der Waals surface area contributed by atoms with Crippen LogP contribution in [0.5, 0.6) is 0 Å². The van der Waals surface area contributed by atoms with Gasteiger partial charge in [-0.15, -0.1) is 0 Å². The first-order chi connectivity index (χ1) is 9.77. The van der Waals surface area contributed by atoms with E-state index in [1.807, 2.05) is 0 Å². The Morgan fingerprint density at radius 2 is 1.76 bits per heavy atom. The van der Waals surface area contributed by atoms with Crippen molar-refractivity contribution in [2.24, 2.45) is 0 Å². The Hall–Kier alpha value is -1.92. The minimum atomic E-state index is -3.29. The summed E-state index contributed by atoms with van der Waals surface area (Å²) in [5, 5.41) is 2.56. The SMILES string of the molecule is CS(=O)(=O)c1ccc(NC(=O)c2ccc(F)cc2Cl)cc1. The molecule has 0 aliphatic heterocycles. The predicted molar refractivity (Wildman–Crippen MR) is 78.9 cm³/mol. The summed E-state index contributed by atoms with van der Waals surface area (Å²) < 4.78 is 35.6. The number of carbonyl (C=O) groups is 1. The number of amides is 1. The highest BCUT2D eigenvalue weighted by atomic mass is 35.5. The molecule has 0 fully saturated rings. The maximum atomic E-state index is 12.9. The van der Waals surface area contributed by atoms with Crippen molar-refractivity contribution in [2.75, 3.05) is 11.6 Å². The molecular weight excluding hydrogens is 317 g/mol. The van der Waals surface area contributed by atoms with Crippen molar-refractivity contribution in [3.05, 3.63) is 58.9 Å². The van der Waals surface area contributed by atoms with Crippen LogP contribution in [0.1, 0.15) is 10.4 Å². The lowest BCUT2D eigenvalue weighted by atomic mass is 10.2. The highest BCUT2D eigenvalue weighted by molar-refractivity contribution is 7.90. The van der Waals surface area contributed by atoms with Crippen LogP contribution in [0.4, 0.5) is 10.1 Å². The molecule has 0 spiro atoms. The first kappa shape index (κ1) is 15.5. The zero-order chi connectivity index (χ0) is 15.6. The highest BCUT2D eigenvalue weighted by Gasteiger charge is 2.12. The Morgan fingerprint density at radius 3 is 2.29 bits per heavy atom. The molecule has 0 aliphatic rings. The second kappa shape index (κ2) is 5.83. The molecule has 0 heterocycles. The van der Waals surface area contributed by atoms with Crippen molar-refractivity contribution < 1.29 is 17.6 Å². The summed E-state index contributed by atoms with van der Waals surface area (Å²) in [6.07, 6.45) is 1.10. The summed E-state index contributed by atoms with van der Waals surface area (Å²) in [7, 11) is -3.29. The number of rotatable bonds is 3. The summed E-state index contributed by atoms with van der Waals surface area (Å²) in [6, 6.07) is 9.15. The van der Waals surface area contributed by atoms with Crippen LogP contribution in [0, 0.1) is 5.82 Å². The second-order valence-corrected chi connectivity index (χ2v) is 6.80. The van der Waals surface area contributed by atoms with Crippen LogP contribution in [0.2, 0.25) is 5.02 Å². The second-order valence-electron chi connectivity index (χ2n) is 4.37. The normalized spacial score (nSPS) is 11.2.